The molecule has 0 aliphatic rings. The Labute approximate surface area is 66.7 Å². The van der Waals surface area contributed by atoms with Crippen molar-refractivity contribution in [2.45, 2.75) is 26.4 Å². The number of nitrogens with two attached hydrogens (primary N) is 1. The van der Waals surface area contributed by atoms with Gasteiger partial charge in [0.25, 0.3) is 6.47 Å². The maximum atomic E-state index is 9.60. The summed E-state index contributed by atoms with van der Waals surface area (Å²) in [6.07, 6.45) is 0.653. The molecule has 0 heterocycles. The number of ether oxygens (including phenoxy) is 1. The van der Waals surface area contributed by atoms with Crippen LogP contribution in [0, 0.1) is 0 Å². The second-order valence-corrected chi connectivity index (χ2v) is 2.73. The van der Waals surface area contributed by atoms with Crippen LogP contribution in [-0.2, 0) is 14.3 Å². The normalized spacial score (nSPS) is 9.09. The fourth-order valence-corrected chi connectivity index (χ4v) is 0.144. The standard InChI is InChI=1S/C5H10O2.C2H5NO/c1-5(2,3)7-4-6;3-1-2-4/h4H,1-3H3;2H,1,3H2. The van der Waals surface area contributed by atoms with Crippen molar-refractivity contribution < 1.29 is 14.3 Å². The van der Waals surface area contributed by atoms with Gasteiger partial charge in [0.1, 0.15) is 11.9 Å². The molecule has 4 nitrogen and oxygen atoms in total. The molecule has 0 amide bonds. The summed E-state index contributed by atoms with van der Waals surface area (Å²) in [7, 11) is 0. The molecule has 4 heteroatoms. The monoisotopic (exact) mass is 161 g/mol. The van der Waals surface area contributed by atoms with Crippen LogP contribution in [0.15, 0.2) is 0 Å². The zero-order chi connectivity index (χ0) is 9.33. The molecule has 0 spiro atoms. The number of aldehydes is 1. The first-order chi connectivity index (χ1) is 4.97. The molecule has 0 atom stereocenters. The highest BCUT2D eigenvalue weighted by atomic mass is 16.5. The molecule has 0 aromatic carbocycles. The number of hydrogen-bond donors (Lipinski definition) is 1. The minimum Gasteiger partial charge on any atom is -0.462 e. The van der Waals surface area contributed by atoms with Gasteiger partial charge in [-0.2, -0.15) is 0 Å². The van der Waals surface area contributed by atoms with E-state index in [1.54, 1.807) is 0 Å². The number of carbonyl (C=O) groups is 2. The van der Waals surface area contributed by atoms with Gasteiger partial charge in [-0.1, -0.05) is 0 Å². The molecule has 0 radical (unpaired) electrons. The summed E-state index contributed by atoms with van der Waals surface area (Å²) in [5.41, 5.74) is 4.34. The van der Waals surface area contributed by atoms with Gasteiger partial charge in [0.05, 0.1) is 0 Å². The molecule has 0 saturated carbocycles. The summed E-state index contributed by atoms with van der Waals surface area (Å²) in [5, 5.41) is 0. The molecule has 0 aromatic rings. The van der Waals surface area contributed by atoms with Crippen LogP contribution in [0.4, 0.5) is 0 Å². The number of rotatable bonds is 2. The van der Waals surface area contributed by atoms with E-state index in [2.05, 4.69) is 10.5 Å². The van der Waals surface area contributed by atoms with Crippen LogP contribution in [0.1, 0.15) is 20.8 Å². The van der Waals surface area contributed by atoms with E-state index in [1.165, 1.54) is 0 Å². The minimum atomic E-state index is -0.318. The molecule has 0 saturated heterocycles. The topological polar surface area (TPSA) is 69.4 Å². The van der Waals surface area contributed by atoms with E-state index in [-0.39, 0.29) is 12.1 Å². The quantitative estimate of drug-likeness (QED) is 0.583. The summed E-state index contributed by atoms with van der Waals surface area (Å²) >= 11 is 0. The highest BCUT2D eigenvalue weighted by Gasteiger charge is 2.07. The highest BCUT2D eigenvalue weighted by molar-refractivity contribution is 5.51. The van der Waals surface area contributed by atoms with Crippen molar-refractivity contribution >= 4 is 12.8 Å². The van der Waals surface area contributed by atoms with Crippen molar-refractivity contribution in [3.63, 3.8) is 0 Å². The molecular formula is C7H15NO3. The van der Waals surface area contributed by atoms with Crippen molar-refractivity contribution in [2.75, 3.05) is 6.54 Å². The molecule has 0 bridgehead atoms. The van der Waals surface area contributed by atoms with E-state index in [0.717, 1.165) is 0 Å². The second kappa shape index (κ2) is 7.21. The van der Waals surface area contributed by atoms with Crippen LogP contribution >= 0.6 is 0 Å². The maximum absolute atomic E-state index is 9.60. The van der Waals surface area contributed by atoms with E-state index in [1.807, 2.05) is 20.8 Å². The summed E-state index contributed by atoms with van der Waals surface area (Å²) < 4.78 is 4.55. The smallest absolute Gasteiger partial charge is 0.293 e. The van der Waals surface area contributed by atoms with Gasteiger partial charge in [-0.25, -0.2) is 0 Å². The van der Waals surface area contributed by atoms with Crippen LogP contribution in [-0.4, -0.2) is 24.9 Å². The zero-order valence-electron chi connectivity index (χ0n) is 7.16. The van der Waals surface area contributed by atoms with Crippen molar-refractivity contribution in [3.05, 3.63) is 0 Å². The van der Waals surface area contributed by atoms with Gasteiger partial charge in [-0.15, -0.1) is 0 Å². The zero-order valence-corrected chi connectivity index (χ0v) is 7.16. The predicted octanol–water partition coefficient (Wildman–Crippen LogP) is 0.102. The lowest BCUT2D eigenvalue weighted by molar-refractivity contribution is -0.138. The molecule has 66 valence electrons. The van der Waals surface area contributed by atoms with Gasteiger partial charge in [0.15, 0.2) is 0 Å². The van der Waals surface area contributed by atoms with Crippen LogP contribution in [0.3, 0.4) is 0 Å². The molecular weight excluding hydrogens is 146 g/mol. The molecule has 11 heavy (non-hydrogen) atoms. The first-order valence-electron chi connectivity index (χ1n) is 3.23. The maximum Gasteiger partial charge on any atom is 0.293 e. The SMILES string of the molecule is CC(C)(C)OC=O.NCC=O. The second-order valence-electron chi connectivity index (χ2n) is 2.73. The van der Waals surface area contributed by atoms with Crippen LogP contribution in [0.25, 0.3) is 0 Å². The van der Waals surface area contributed by atoms with Crippen molar-refractivity contribution in [3.8, 4) is 0 Å². The predicted molar refractivity (Wildman–Crippen MR) is 42.0 cm³/mol. The first kappa shape index (κ1) is 12.7. The van der Waals surface area contributed by atoms with Gasteiger partial charge in [0.2, 0.25) is 0 Å². The van der Waals surface area contributed by atoms with Gasteiger partial charge in [-0.3, -0.25) is 4.79 Å². The average molecular weight is 161 g/mol. The van der Waals surface area contributed by atoms with Crippen LogP contribution < -0.4 is 5.73 Å². The van der Waals surface area contributed by atoms with Gasteiger partial charge in [-0.05, 0) is 20.8 Å². The van der Waals surface area contributed by atoms with Crippen LogP contribution in [0.5, 0.6) is 0 Å². The van der Waals surface area contributed by atoms with Gasteiger partial charge >= 0.3 is 0 Å². The molecule has 0 rings (SSSR count). The molecule has 2 N–H and O–H groups in total. The van der Waals surface area contributed by atoms with Crippen molar-refractivity contribution in [2.24, 2.45) is 5.73 Å². The van der Waals surface area contributed by atoms with Crippen molar-refractivity contribution in [1.29, 1.82) is 0 Å². The number of carbonyl (C=O) groups excluding carboxylic acids is 2. The Bertz CT molecular complexity index is 107. The molecule has 0 aromatic heterocycles. The van der Waals surface area contributed by atoms with Gasteiger partial charge in [0, 0.05) is 6.54 Å². The highest BCUT2D eigenvalue weighted by Crippen LogP contribution is 2.02. The largest absolute Gasteiger partial charge is 0.462 e. The molecule has 0 unspecified atom stereocenters. The minimum absolute atomic E-state index is 0.139. The van der Waals surface area contributed by atoms with E-state index < -0.39 is 0 Å². The Balaban J connectivity index is 0. The fraction of sp³-hybridized carbons (Fsp3) is 0.714. The third kappa shape index (κ3) is 27.3. The number of hydrogen-bond acceptors (Lipinski definition) is 4. The van der Waals surface area contributed by atoms with Crippen molar-refractivity contribution in [1.82, 2.24) is 0 Å². The lowest BCUT2D eigenvalue weighted by atomic mass is 10.2. The summed E-state index contributed by atoms with van der Waals surface area (Å²) in [4.78, 5) is 18.6. The Morgan fingerprint density at radius 2 is 1.73 bits per heavy atom. The Hall–Kier alpha value is -0.900. The average Bonchev–Trinajstić information content (AvgIpc) is 1.86. The summed E-state index contributed by atoms with van der Waals surface area (Å²) in [5.74, 6) is 0. The lowest BCUT2D eigenvalue weighted by Crippen LogP contribution is -2.17. The summed E-state index contributed by atoms with van der Waals surface area (Å²) in [6, 6.07) is 0. The van der Waals surface area contributed by atoms with Crippen LogP contribution in [0.2, 0.25) is 0 Å². The van der Waals surface area contributed by atoms with E-state index in [0.29, 0.717) is 12.8 Å². The lowest BCUT2D eigenvalue weighted by Gasteiger charge is -2.14. The third-order valence-corrected chi connectivity index (χ3v) is 0.498. The Kier molecular flexibility index (Phi) is 8.36. The Morgan fingerprint density at radius 1 is 1.36 bits per heavy atom. The third-order valence-electron chi connectivity index (χ3n) is 0.498. The molecule has 0 fully saturated rings. The van der Waals surface area contributed by atoms with E-state index >= 15 is 0 Å². The van der Waals surface area contributed by atoms with E-state index in [9.17, 15) is 4.79 Å². The molecule has 0 aliphatic heterocycles. The van der Waals surface area contributed by atoms with E-state index in [4.69, 9.17) is 4.79 Å². The van der Waals surface area contributed by atoms with Gasteiger partial charge < -0.3 is 15.3 Å². The summed E-state index contributed by atoms with van der Waals surface area (Å²) in [6.45, 7) is 6.06. The fourth-order valence-electron chi connectivity index (χ4n) is 0.144. The molecule has 0 aliphatic carbocycles. The first-order valence-corrected chi connectivity index (χ1v) is 3.23. The Morgan fingerprint density at radius 3 is 1.73 bits per heavy atom.